The van der Waals surface area contributed by atoms with Crippen molar-refractivity contribution < 1.29 is 19.7 Å². The number of phenols is 2. The zero-order valence-electron chi connectivity index (χ0n) is 17.2. The average molecular weight is 422 g/mol. The average Bonchev–Trinajstić information content (AvgIpc) is 3.32. The summed E-state index contributed by atoms with van der Waals surface area (Å²) >= 11 is 0. The Kier molecular flexibility index (Phi) is 6.37. The van der Waals surface area contributed by atoms with Crippen molar-refractivity contribution in [2.45, 2.75) is 19.3 Å². The van der Waals surface area contributed by atoms with Crippen LogP contribution in [0.5, 0.6) is 17.2 Å². The molecule has 1 aliphatic rings. The minimum Gasteiger partial charge on any atom is -0.504 e. The van der Waals surface area contributed by atoms with E-state index in [4.69, 9.17) is 4.74 Å². The number of aromatic hydroxyl groups is 2. The van der Waals surface area contributed by atoms with Crippen LogP contribution in [0.3, 0.4) is 0 Å². The fraction of sp³-hybridized carbons (Fsp3) is 0.304. The van der Waals surface area contributed by atoms with Crippen molar-refractivity contribution in [1.82, 2.24) is 15.1 Å². The van der Waals surface area contributed by atoms with Gasteiger partial charge < -0.3 is 20.3 Å². The molecule has 1 saturated heterocycles. The zero-order chi connectivity index (χ0) is 21.6. The number of likely N-dealkylation sites (tertiary alicyclic amines) is 1. The van der Waals surface area contributed by atoms with Crippen molar-refractivity contribution in [2.24, 2.45) is 0 Å². The molecule has 0 atom stereocenters. The lowest BCUT2D eigenvalue weighted by Gasteiger charge is -2.26. The van der Waals surface area contributed by atoms with Crippen LogP contribution >= 0.6 is 0 Å². The van der Waals surface area contributed by atoms with E-state index in [1.807, 2.05) is 0 Å². The number of ether oxygens (including phenoxy) is 1. The number of nitrogens with zero attached hydrogens (tertiary/aromatic N) is 2. The van der Waals surface area contributed by atoms with Crippen molar-refractivity contribution >= 4 is 11.6 Å². The Hall–Kier alpha value is -3.52. The van der Waals surface area contributed by atoms with E-state index in [2.05, 4.69) is 20.4 Å². The van der Waals surface area contributed by atoms with Gasteiger partial charge in [-0.15, -0.1) is 0 Å². The molecule has 0 aliphatic carbocycles. The molecular formula is C23H26N4O4. The van der Waals surface area contributed by atoms with Gasteiger partial charge in [0.1, 0.15) is 12.4 Å². The fourth-order valence-corrected chi connectivity index (χ4v) is 3.68. The van der Waals surface area contributed by atoms with E-state index < -0.39 is 0 Å². The van der Waals surface area contributed by atoms with Crippen molar-refractivity contribution in [3.63, 3.8) is 0 Å². The van der Waals surface area contributed by atoms with Crippen molar-refractivity contribution in [2.75, 3.05) is 31.6 Å². The smallest absolute Gasteiger partial charge is 0.255 e. The third-order valence-corrected chi connectivity index (χ3v) is 5.40. The van der Waals surface area contributed by atoms with E-state index in [-0.39, 0.29) is 17.4 Å². The van der Waals surface area contributed by atoms with Gasteiger partial charge in [0.15, 0.2) is 11.5 Å². The number of hydrogen-bond acceptors (Lipinski definition) is 6. The summed E-state index contributed by atoms with van der Waals surface area (Å²) in [4.78, 5) is 15.1. The summed E-state index contributed by atoms with van der Waals surface area (Å²) in [5.41, 5.74) is 1.92. The number of carbonyl (C=O) groups is 1. The lowest BCUT2D eigenvalue weighted by molar-refractivity contribution is 0.102. The van der Waals surface area contributed by atoms with Gasteiger partial charge in [0, 0.05) is 29.9 Å². The van der Waals surface area contributed by atoms with Gasteiger partial charge in [-0.25, -0.2) is 0 Å². The molecular weight excluding hydrogens is 396 g/mol. The highest BCUT2D eigenvalue weighted by atomic mass is 16.5. The molecule has 4 rings (SSSR count). The number of H-pyrrole nitrogens is 1. The molecule has 0 spiro atoms. The van der Waals surface area contributed by atoms with Crippen LogP contribution in [0.15, 0.2) is 48.7 Å². The Morgan fingerprint density at radius 3 is 2.52 bits per heavy atom. The Labute approximate surface area is 180 Å². The predicted octanol–water partition coefficient (Wildman–Crippen LogP) is 3.60. The SMILES string of the molecule is O=C(Nc1cc(O)c(O)cc1-c1ccn[nH]1)c1ccc(OCCN2CCCCC2)cc1. The van der Waals surface area contributed by atoms with Crippen LogP contribution in [0.1, 0.15) is 29.6 Å². The van der Waals surface area contributed by atoms with Gasteiger partial charge in [0.2, 0.25) is 0 Å². The molecule has 4 N–H and O–H groups in total. The van der Waals surface area contributed by atoms with E-state index in [1.165, 1.54) is 31.4 Å². The van der Waals surface area contributed by atoms with Crippen molar-refractivity contribution in [3.8, 4) is 28.5 Å². The van der Waals surface area contributed by atoms with Gasteiger partial charge in [-0.1, -0.05) is 6.42 Å². The standard InChI is InChI=1S/C23H26N4O4/c28-21-14-18(19-8-9-24-26-19)20(15-22(21)29)25-23(30)16-4-6-17(7-5-16)31-13-12-27-10-2-1-3-11-27/h4-9,14-15,28-29H,1-3,10-13H2,(H,24,26)(H,25,30). The quantitative estimate of drug-likeness (QED) is 0.342. The summed E-state index contributed by atoms with van der Waals surface area (Å²) in [6, 6.07) is 11.3. The summed E-state index contributed by atoms with van der Waals surface area (Å²) in [6.07, 6.45) is 5.39. The number of aromatic amines is 1. The number of anilines is 1. The first-order valence-corrected chi connectivity index (χ1v) is 10.4. The Morgan fingerprint density at radius 2 is 1.81 bits per heavy atom. The topological polar surface area (TPSA) is 111 Å². The lowest BCUT2D eigenvalue weighted by Crippen LogP contribution is -2.33. The van der Waals surface area contributed by atoms with E-state index in [1.54, 1.807) is 36.5 Å². The number of carbonyl (C=O) groups excluding carboxylic acids is 1. The predicted molar refractivity (Wildman–Crippen MR) is 118 cm³/mol. The number of amides is 1. The van der Waals surface area contributed by atoms with Crippen LogP contribution in [0.2, 0.25) is 0 Å². The molecule has 0 bridgehead atoms. The maximum Gasteiger partial charge on any atom is 0.255 e. The first-order valence-electron chi connectivity index (χ1n) is 10.4. The molecule has 8 nitrogen and oxygen atoms in total. The first-order chi connectivity index (χ1) is 15.1. The highest BCUT2D eigenvalue weighted by molar-refractivity contribution is 6.06. The molecule has 162 valence electrons. The minimum atomic E-state index is -0.342. The first kappa shape index (κ1) is 20.7. The molecule has 0 unspecified atom stereocenters. The molecule has 0 radical (unpaired) electrons. The van der Waals surface area contributed by atoms with Gasteiger partial charge in [-0.05, 0) is 62.3 Å². The molecule has 3 aromatic rings. The Balaban J connectivity index is 1.39. The number of benzene rings is 2. The lowest BCUT2D eigenvalue weighted by atomic mass is 10.1. The summed E-state index contributed by atoms with van der Waals surface area (Å²) in [5.74, 6) is -0.232. The molecule has 1 amide bonds. The number of aromatic nitrogens is 2. The molecule has 2 aromatic carbocycles. The van der Waals surface area contributed by atoms with Crippen LogP contribution in [0, 0.1) is 0 Å². The van der Waals surface area contributed by atoms with Gasteiger partial charge in [0.05, 0.1) is 11.4 Å². The molecule has 1 aromatic heterocycles. The maximum absolute atomic E-state index is 12.7. The Bertz CT molecular complexity index is 1010. The number of hydrogen-bond donors (Lipinski definition) is 4. The van der Waals surface area contributed by atoms with Gasteiger partial charge in [-0.2, -0.15) is 5.10 Å². The number of piperidine rings is 1. The summed E-state index contributed by atoms with van der Waals surface area (Å²) in [7, 11) is 0. The molecule has 31 heavy (non-hydrogen) atoms. The van der Waals surface area contributed by atoms with Crippen molar-refractivity contribution in [3.05, 3.63) is 54.2 Å². The number of rotatable bonds is 7. The van der Waals surface area contributed by atoms with Crippen LogP contribution in [-0.2, 0) is 0 Å². The molecule has 0 saturated carbocycles. The third-order valence-electron chi connectivity index (χ3n) is 5.40. The second-order valence-electron chi connectivity index (χ2n) is 7.59. The monoisotopic (exact) mass is 422 g/mol. The van der Waals surface area contributed by atoms with Gasteiger partial charge in [0.25, 0.3) is 5.91 Å². The van der Waals surface area contributed by atoms with E-state index in [0.29, 0.717) is 34.9 Å². The maximum atomic E-state index is 12.7. The van der Waals surface area contributed by atoms with Crippen LogP contribution in [0.25, 0.3) is 11.3 Å². The molecule has 2 heterocycles. The fourth-order valence-electron chi connectivity index (χ4n) is 3.68. The third kappa shape index (κ3) is 5.16. The van der Waals surface area contributed by atoms with E-state index >= 15 is 0 Å². The summed E-state index contributed by atoms with van der Waals surface area (Å²) in [5, 5.41) is 29.2. The van der Waals surface area contributed by atoms with Crippen LogP contribution in [0.4, 0.5) is 5.69 Å². The number of phenolic OH excluding ortho intramolecular Hbond substituents is 2. The summed E-state index contributed by atoms with van der Waals surface area (Å²) < 4.78 is 5.81. The molecule has 1 aliphatic heterocycles. The van der Waals surface area contributed by atoms with E-state index in [0.717, 1.165) is 19.6 Å². The highest BCUT2D eigenvalue weighted by Gasteiger charge is 2.15. The number of nitrogens with one attached hydrogen (secondary N) is 2. The van der Waals surface area contributed by atoms with Crippen LogP contribution in [-0.4, -0.2) is 57.5 Å². The summed E-state index contributed by atoms with van der Waals surface area (Å²) in [6.45, 7) is 3.79. The van der Waals surface area contributed by atoms with Gasteiger partial charge >= 0.3 is 0 Å². The second-order valence-corrected chi connectivity index (χ2v) is 7.59. The largest absolute Gasteiger partial charge is 0.504 e. The molecule has 8 heteroatoms. The zero-order valence-corrected chi connectivity index (χ0v) is 17.2. The molecule has 1 fully saturated rings. The normalized spacial score (nSPS) is 14.3. The second kappa shape index (κ2) is 9.53. The van der Waals surface area contributed by atoms with E-state index in [9.17, 15) is 15.0 Å². The van der Waals surface area contributed by atoms with Crippen molar-refractivity contribution in [1.29, 1.82) is 0 Å². The van der Waals surface area contributed by atoms with Crippen LogP contribution < -0.4 is 10.1 Å². The minimum absolute atomic E-state index is 0.284. The van der Waals surface area contributed by atoms with Gasteiger partial charge in [-0.3, -0.25) is 14.8 Å². The Morgan fingerprint density at radius 1 is 1.06 bits per heavy atom. The highest BCUT2D eigenvalue weighted by Crippen LogP contribution is 2.37.